The molecule has 1 fully saturated rings. The lowest BCUT2D eigenvalue weighted by Gasteiger charge is -2.40. The zero-order valence-corrected chi connectivity index (χ0v) is 11.3. The molecule has 0 bridgehead atoms. The summed E-state index contributed by atoms with van der Waals surface area (Å²) in [5.74, 6) is -0.346. The Morgan fingerprint density at radius 1 is 1.33 bits per heavy atom. The molecular formula is C14H24O4. The monoisotopic (exact) mass is 256 g/mol. The van der Waals surface area contributed by atoms with E-state index in [9.17, 15) is 4.79 Å². The lowest BCUT2D eigenvalue weighted by Crippen LogP contribution is -2.45. The van der Waals surface area contributed by atoms with Crippen molar-refractivity contribution in [1.29, 1.82) is 0 Å². The van der Waals surface area contributed by atoms with Gasteiger partial charge >= 0.3 is 5.97 Å². The van der Waals surface area contributed by atoms with E-state index in [-0.39, 0.29) is 11.4 Å². The number of carbonyl (C=O) groups excluding carboxylic acids is 1. The summed E-state index contributed by atoms with van der Waals surface area (Å²) in [4.78, 5) is 10.8. The zero-order chi connectivity index (χ0) is 13.3. The van der Waals surface area contributed by atoms with E-state index in [0.29, 0.717) is 6.61 Å². The number of carbonyl (C=O) groups is 1. The molecule has 1 aliphatic heterocycles. The van der Waals surface area contributed by atoms with Crippen molar-refractivity contribution in [3.63, 3.8) is 0 Å². The van der Waals surface area contributed by atoms with Gasteiger partial charge in [0.15, 0.2) is 0 Å². The number of hydrogen-bond acceptors (Lipinski definition) is 4. The van der Waals surface area contributed by atoms with Gasteiger partial charge in [-0.15, -0.1) is 0 Å². The highest BCUT2D eigenvalue weighted by Crippen LogP contribution is 2.31. The molecule has 0 amide bonds. The van der Waals surface area contributed by atoms with Crippen molar-refractivity contribution < 1.29 is 19.0 Å². The van der Waals surface area contributed by atoms with Crippen LogP contribution in [0.25, 0.3) is 0 Å². The molecule has 0 aromatic rings. The van der Waals surface area contributed by atoms with Crippen LogP contribution in [0.15, 0.2) is 12.7 Å². The molecule has 1 heterocycles. The van der Waals surface area contributed by atoms with E-state index in [1.807, 2.05) is 0 Å². The second kappa shape index (κ2) is 8.27. The average molecular weight is 256 g/mol. The molecule has 0 aliphatic carbocycles. The Morgan fingerprint density at radius 2 is 2.06 bits per heavy atom. The summed E-state index contributed by atoms with van der Waals surface area (Å²) in [5, 5.41) is 0. The molecule has 0 aromatic heterocycles. The average Bonchev–Trinajstić information content (AvgIpc) is 2.35. The first-order chi connectivity index (χ1) is 8.72. The van der Waals surface area contributed by atoms with Gasteiger partial charge in [-0.25, -0.2) is 4.79 Å². The first kappa shape index (κ1) is 15.2. The molecule has 0 aromatic carbocycles. The van der Waals surface area contributed by atoms with Gasteiger partial charge in [-0.3, -0.25) is 0 Å². The molecule has 0 radical (unpaired) electrons. The Morgan fingerprint density at radius 3 is 2.61 bits per heavy atom. The van der Waals surface area contributed by atoms with E-state index >= 15 is 0 Å². The van der Waals surface area contributed by atoms with E-state index in [0.717, 1.165) is 52.1 Å². The van der Waals surface area contributed by atoms with Gasteiger partial charge < -0.3 is 14.2 Å². The largest absolute Gasteiger partial charge is 0.463 e. The topological polar surface area (TPSA) is 44.8 Å². The summed E-state index contributed by atoms with van der Waals surface area (Å²) < 4.78 is 15.8. The van der Waals surface area contributed by atoms with Gasteiger partial charge in [0.05, 0.1) is 26.4 Å². The first-order valence-electron chi connectivity index (χ1n) is 6.67. The fourth-order valence-corrected chi connectivity index (χ4v) is 1.78. The van der Waals surface area contributed by atoms with Crippen LogP contribution in [0, 0.1) is 5.41 Å². The fraction of sp³-hybridized carbons (Fsp3) is 0.786. The summed E-state index contributed by atoms with van der Waals surface area (Å²) in [7, 11) is 0. The van der Waals surface area contributed by atoms with Gasteiger partial charge in [-0.2, -0.15) is 0 Å². The van der Waals surface area contributed by atoms with Crippen LogP contribution in [0.1, 0.15) is 32.6 Å². The van der Waals surface area contributed by atoms with Crippen LogP contribution in [-0.4, -0.2) is 39.0 Å². The van der Waals surface area contributed by atoms with Crippen molar-refractivity contribution in [2.24, 2.45) is 5.41 Å². The summed E-state index contributed by atoms with van der Waals surface area (Å²) in [5.41, 5.74) is 0.277. The fourth-order valence-electron chi connectivity index (χ4n) is 1.78. The van der Waals surface area contributed by atoms with Crippen molar-refractivity contribution in [2.75, 3.05) is 33.0 Å². The molecule has 1 rings (SSSR count). The Kier molecular flexibility index (Phi) is 6.98. The number of esters is 1. The van der Waals surface area contributed by atoms with Gasteiger partial charge in [0, 0.05) is 18.1 Å². The molecule has 0 atom stereocenters. The molecule has 0 spiro atoms. The summed E-state index contributed by atoms with van der Waals surface area (Å²) >= 11 is 0. The Labute approximate surface area is 109 Å². The quantitative estimate of drug-likeness (QED) is 0.342. The summed E-state index contributed by atoms with van der Waals surface area (Å²) in [6, 6.07) is 0. The summed E-state index contributed by atoms with van der Waals surface area (Å²) in [6.45, 7) is 9.23. The standard InChI is InChI=1S/C14H24O4/c1-3-13(15)18-9-7-5-6-8-16-10-14(4-2)11-17-12-14/h3H,1,4-12H2,2H3. The third kappa shape index (κ3) is 5.19. The van der Waals surface area contributed by atoms with Crippen LogP contribution in [0.5, 0.6) is 0 Å². The van der Waals surface area contributed by atoms with E-state index < -0.39 is 0 Å². The van der Waals surface area contributed by atoms with Crippen LogP contribution in [0.2, 0.25) is 0 Å². The van der Waals surface area contributed by atoms with Crippen LogP contribution in [0.4, 0.5) is 0 Å². The smallest absolute Gasteiger partial charge is 0.330 e. The predicted molar refractivity (Wildman–Crippen MR) is 69.4 cm³/mol. The van der Waals surface area contributed by atoms with Crippen LogP contribution >= 0.6 is 0 Å². The second-order valence-electron chi connectivity index (χ2n) is 4.83. The van der Waals surface area contributed by atoms with Gasteiger partial charge in [0.2, 0.25) is 0 Å². The van der Waals surface area contributed by atoms with Crippen molar-refractivity contribution in [2.45, 2.75) is 32.6 Å². The van der Waals surface area contributed by atoms with Crippen LogP contribution in [-0.2, 0) is 19.0 Å². The molecule has 1 saturated heterocycles. The van der Waals surface area contributed by atoms with E-state index in [2.05, 4.69) is 13.5 Å². The maximum absolute atomic E-state index is 10.8. The molecule has 1 aliphatic rings. The van der Waals surface area contributed by atoms with E-state index in [1.165, 1.54) is 6.08 Å². The highest BCUT2D eigenvalue weighted by molar-refractivity contribution is 5.81. The van der Waals surface area contributed by atoms with Gasteiger partial charge in [-0.1, -0.05) is 13.5 Å². The molecule has 18 heavy (non-hydrogen) atoms. The van der Waals surface area contributed by atoms with E-state index in [1.54, 1.807) is 0 Å². The maximum atomic E-state index is 10.8. The third-order valence-electron chi connectivity index (χ3n) is 3.32. The predicted octanol–water partition coefficient (Wildman–Crippen LogP) is 2.33. The zero-order valence-electron chi connectivity index (χ0n) is 11.3. The molecule has 4 heteroatoms. The molecular weight excluding hydrogens is 232 g/mol. The number of hydrogen-bond donors (Lipinski definition) is 0. The minimum Gasteiger partial charge on any atom is -0.463 e. The summed E-state index contributed by atoms with van der Waals surface area (Å²) in [6.07, 6.45) is 5.20. The van der Waals surface area contributed by atoms with E-state index in [4.69, 9.17) is 14.2 Å². The van der Waals surface area contributed by atoms with Crippen molar-refractivity contribution in [3.05, 3.63) is 12.7 Å². The van der Waals surface area contributed by atoms with Gasteiger partial charge in [-0.05, 0) is 25.7 Å². The Bertz CT molecular complexity index is 253. The molecule has 0 saturated carbocycles. The second-order valence-corrected chi connectivity index (χ2v) is 4.83. The normalized spacial score (nSPS) is 16.9. The van der Waals surface area contributed by atoms with Crippen LogP contribution < -0.4 is 0 Å². The van der Waals surface area contributed by atoms with Crippen molar-refractivity contribution >= 4 is 5.97 Å². The lowest BCUT2D eigenvalue weighted by atomic mass is 9.84. The highest BCUT2D eigenvalue weighted by atomic mass is 16.5. The highest BCUT2D eigenvalue weighted by Gasteiger charge is 2.36. The van der Waals surface area contributed by atoms with Gasteiger partial charge in [0.25, 0.3) is 0 Å². The minimum atomic E-state index is -0.346. The molecule has 4 nitrogen and oxygen atoms in total. The molecule has 0 N–H and O–H groups in total. The lowest BCUT2D eigenvalue weighted by molar-refractivity contribution is -0.150. The minimum absolute atomic E-state index is 0.277. The Balaban J connectivity index is 1.87. The van der Waals surface area contributed by atoms with Gasteiger partial charge in [0.1, 0.15) is 0 Å². The number of ether oxygens (including phenoxy) is 3. The SMILES string of the molecule is C=CC(=O)OCCCCCOCC1(CC)COC1. The third-order valence-corrected chi connectivity index (χ3v) is 3.32. The number of unbranched alkanes of at least 4 members (excludes halogenated alkanes) is 2. The number of rotatable bonds is 10. The Hall–Kier alpha value is -0.870. The molecule has 0 unspecified atom stereocenters. The molecule has 104 valence electrons. The first-order valence-corrected chi connectivity index (χ1v) is 6.67. The maximum Gasteiger partial charge on any atom is 0.330 e. The van der Waals surface area contributed by atoms with Crippen LogP contribution in [0.3, 0.4) is 0 Å². The van der Waals surface area contributed by atoms with Crippen molar-refractivity contribution in [3.8, 4) is 0 Å². The van der Waals surface area contributed by atoms with Crippen molar-refractivity contribution in [1.82, 2.24) is 0 Å².